The Hall–Kier alpha value is -0.870. The molecule has 0 unspecified atom stereocenters. The van der Waals surface area contributed by atoms with Crippen LogP contribution in [0.2, 0.25) is 0 Å². The average molecular weight is 493 g/mol. The van der Waals surface area contributed by atoms with Crippen molar-refractivity contribution in [2.75, 3.05) is 51.6 Å². The Morgan fingerprint density at radius 1 is 1.15 bits per heavy atom. The quantitative estimate of drug-likeness (QED) is 0.381. The lowest BCUT2D eigenvalue weighted by Gasteiger charge is -2.36. The minimum atomic E-state index is 0. The molecule has 1 aromatic carbocycles. The molecule has 0 spiro atoms. The fourth-order valence-electron chi connectivity index (χ4n) is 3.00. The van der Waals surface area contributed by atoms with Gasteiger partial charge in [0.1, 0.15) is 0 Å². The van der Waals surface area contributed by atoms with Crippen molar-refractivity contribution in [2.24, 2.45) is 4.99 Å². The van der Waals surface area contributed by atoms with Crippen LogP contribution in [-0.2, 0) is 4.74 Å². The summed E-state index contributed by atoms with van der Waals surface area (Å²) in [6, 6.07) is 5.89. The van der Waals surface area contributed by atoms with Crippen LogP contribution in [0.5, 0.6) is 11.5 Å². The summed E-state index contributed by atoms with van der Waals surface area (Å²) in [4.78, 5) is 4.35. The highest BCUT2D eigenvalue weighted by Gasteiger charge is 2.31. The molecule has 0 atom stereocenters. The maximum Gasteiger partial charge on any atom is 0.195 e. The summed E-state index contributed by atoms with van der Waals surface area (Å²) in [5.74, 6) is 2.34. The molecule has 0 aliphatic carbocycles. The third kappa shape index (κ3) is 5.56. The molecule has 26 heavy (non-hydrogen) atoms. The van der Waals surface area contributed by atoms with Crippen LogP contribution < -0.4 is 20.1 Å². The Balaban J connectivity index is 0.00000243. The molecule has 0 amide bonds. The van der Waals surface area contributed by atoms with Gasteiger partial charge >= 0.3 is 0 Å². The molecular weight excluding hydrogens is 465 g/mol. The second-order valence-corrected chi connectivity index (χ2v) is 7.54. The van der Waals surface area contributed by atoms with E-state index in [9.17, 15) is 0 Å². The molecule has 2 N–H and O–H groups in total. The lowest BCUT2D eigenvalue weighted by Crippen LogP contribution is -2.45. The molecule has 146 valence electrons. The van der Waals surface area contributed by atoms with Gasteiger partial charge in [0.25, 0.3) is 0 Å². The highest BCUT2D eigenvalue weighted by molar-refractivity contribution is 14.0. The number of hydrogen-bond acceptors (Lipinski definition) is 5. The number of hydrogen-bond donors (Lipinski definition) is 2. The highest BCUT2D eigenvalue weighted by Crippen LogP contribution is 2.34. The van der Waals surface area contributed by atoms with E-state index in [1.54, 1.807) is 7.05 Å². The van der Waals surface area contributed by atoms with Crippen molar-refractivity contribution in [3.8, 4) is 11.5 Å². The molecule has 6 nitrogen and oxygen atoms in total. The summed E-state index contributed by atoms with van der Waals surface area (Å²) >= 11 is 1.91. The van der Waals surface area contributed by atoms with Gasteiger partial charge in [-0.25, -0.2) is 0 Å². The Bertz CT molecular complexity index is 609. The average Bonchev–Trinajstić information content (AvgIpc) is 2.90. The summed E-state index contributed by atoms with van der Waals surface area (Å²) in [7, 11) is 1.79. The zero-order valence-electron chi connectivity index (χ0n) is 15.4. The zero-order valence-corrected chi connectivity index (χ0v) is 18.5. The molecule has 0 saturated carbocycles. The summed E-state index contributed by atoms with van der Waals surface area (Å²) < 4.78 is 17.1. The van der Waals surface area contributed by atoms with E-state index >= 15 is 0 Å². The monoisotopic (exact) mass is 493 g/mol. The molecule has 1 saturated heterocycles. The molecule has 2 heterocycles. The van der Waals surface area contributed by atoms with Crippen molar-refractivity contribution in [1.82, 2.24) is 5.32 Å². The molecule has 1 aromatic rings. The molecule has 0 aromatic heterocycles. The van der Waals surface area contributed by atoms with Gasteiger partial charge in [-0.15, -0.1) is 24.0 Å². The van der Waals surface area contributed by atoms with Gasteiger partial charge in [0, 0.05) is 49.7 Å². The van der Waals surface area contributed by atoms with Crippen molar-refractivity contribution in [3.63, 3.8) is 0 Å². The van der Waals surface area contributed by atoms with E-state index in [-0.39, 0.29) is 28.7 Å². The van der Waals surface area contributed by atoms with Crippen LogP contribution in [-0.4, -0.2) is 57.0 Å². The van der Waals surface area contributed by atoms with Gasteiger partial charge in [-0.2, -0.15) is 11.8 Å². The van der Waals surface area contributed by atoms with E-state index in [0.717, 1.165) is 62.2 Å². The van der Waals surface area contributed by atoms with Crippen molar-refractivity contribution in [1.29, 1.82) is 0 Å². The van der Waals surface area contributed by atoms with Crippen LogP contribution in [0.3, 0.4) is 0 Å². The first-order valence-electron chi connectivity index (χ1n) is 8.75. The first-order valence-corrected chi connectivity index (χ1v) is 9.97. The topological polar surface area (TPSA) is 64.1 Å². The number of thioether (sulfide) groups is 1. The number of aliphatic imine (C=N–C) groups is 1. The standard InChI is InChI=1S/C18H27N3O3S.HI/c1-19-17(20-13-18(25-2)6-10-22-11-7-18)21-14-4-5-15-16(12-14)24-9-3-8-23-15;/h4-5,12H,3,6-11,13H2,1-2H3,(H2,19,20,21);1H. The molecule has 2 aliphatic heterocycles. The number of guanidine groups is 1. The van der Waals surface area contributed by atoms with Gasteiger partial charge in [0.2, 0.25) is 0 Å². The number of halogens is 1. The Kier molecular flexibility index (Phi) is 8.62. The number of ether oxygens (including phenoxy) is 3. The normalized spacial score (nSPS) is 19.1. The van der Waals surface area contributed by atoms with Gasteiger partial charge in [0.15, 0.2) is 17.5 Å². The number of anilines is 1. The zero-order chi connectivity index (χ0) is 17.5. The summed E-state index contributed by atoms with van der Waals surface area (Å²) in [6.07, 6.45) is 5.19. The minimum Gasteiger partial charge on any atom is -0.490 e. The number of rotatable bonds is 4. The molecule has 0 bridgehead atoms. The number of nitrogens with zero attached hydrogens (tertiary/aromatic N) is 1. The SMILES string of the molecule is CN=C(NCC1(SC)CCOCC1)Nc1ccc2c(c1)OCCCO2.I. The molecule has 2 aliphatic rings. The van der Waals surface area contributed by atoms with Crippen LogP contribution >= 0.6 is 35.7 Å². The van der Waals surface area contributed by atoms with Crippen LogP contribution in [0, 0.1) is 0 Å². The fraction of sp³-hybridized carbons (Fsp3) is 0.611. The van der Waals surface area contributed by atoms with Crippen LogP contribution in [0.4, 0.5) is 5.69 Å². The molecule has 1 fully saturated rings. The summed E-state index contributed by atoms with van der Waals surface area (Å²) in [5.41, 5.74) is 0.933. The van der Waals surface area contributed by atoms with E-state index in [4.69, 9.17) is 14.2 Å². The van der Waals surface area contributed by atoms with E-state index in [1.165, 1.54) is 0 Å². The Labute approximate surface area is 176 Å². The third-order valence-corrected chi connectivity index (χ3v) is 6.07. The third-order valence-electron chi connectivity index (χ3n) is 4.65. The maximum atomic E-state index is 5.75. The minimum absolute atomic E-state index is 0. The van der Waals surface area contributed by atoms with E-state index in [0.29, 0.717) is 13.2 Å². The first-order chi connectivity index (χ1) is 12.2. The lowest BCUT2D eigenvalue weighted by atomic mass is 9.99. The van der Waals surface area contributed by atoms with Crippen LogP contribution in [0.15, 0.2) is 23.2 Å². The van der Waals surface area contributed by atoms with E-state index in [1.807, 2.05) is 30.0 Å². The van der Waals surface area contributed by atoms with Gasteiger partial charge < -0.3 is 24.8 Å². The van der Waals surface area contributed by atoms with E-state index in [2.05, 4.69) is 21.9 Å². The van der Waals surface area contributed by atoms with Gasteiger partial charge in [-0.3, -0.25) is 4.99 Å². The van der Waals surface area contributed by atoms with Crippen molar-refractivity contribution in [2.45, 2.75) is 24.0 Å². The van der Waals surface area contributed by atoms with E-state index < -0.39 is 0 Å². The predicted octanol–water partition coefficient (Wildman–Crippen LogP) is 3.37. The number of fused-ring (bicyclic) bond motifs is 1. The summed E-state index contributed by atoms with van der Waals surface area (Å²) in [5, 5.41) is 6.81. The maximum absolute atomic E-state index is 5.75. The second-order valence-electron chi connectivity index (χ2n) is 6.26. The van der Waals surface area contributed by atoms with Crippen molar-refractivity contribution < 1.29 is 14.2 Å². The fourth-order valence-corrected chi connectivity index (χ4v) is 3.79. The lowest BCUT2D eigenvalue weighted by molar-refractivity contribution is 0.0783. The Morgan fingerprint density at radius 3 is 2.58 bits per heavy atom. The van der Waals surface area contributed by atoms with Gasteiger partial charge in [0.05, 0.1) is 13.2 Å². The number of nitrogens with one attached hydrogen (secondary N) is 2. The molecule has 8 heteroatoms. The largest absolute Gasteiger partial charge is 0.490 e. The van der Waals surface area contributed by atoms with Crippen LogP contribution in [0.25, 0.3) is 0 Å². The first kappa shape index (κ1) is 21.4. The Morgan fingerprint density at radius 2 is 1.88 bits per heavy atom. The van der Waals surface area contributed by atoms with Crippen LogP contribution in [0.1, 0.15) is 19.3 Å². The van der Waals surface area contributed by atoms with Gasteiger partial charge in [-0.05, 0) is 31.2 Å². The predicted molar refractivity (Wildman–Crippen MR) is 119 cm³/mol. The number of benzene rings is 1. The van der Waals surface area contributed by atoms with Gasteiger partial charge in [-0.1, -0.05) is 0 Å². The molecule has 3 rings (SSSR count). The smallest absolute Gasteiger partial charge is 0.195 e. The molecule has 0 radical (unpaired) electrons. The molecular formula is C18H28IN3O3S. The van der Waals surface area contributed by atoms with Crippen molar-refractivity contribution in [3.05, 3.63) is 18.2 Å². The second kappa shape index (κ2) is 10.5. The van der Waals surface area contributed by atoms with Crippen molar-refractivity contribution >= 4 is 47.4 Å². The summed E-state index contributed by atoms with van der Waals surface area (Å²) in [6.45, 7) is 3.90. The highest BCUT2D eigenvalue weighted by atomic mass is 127.